The fourth-order valence-electron chi connectivity index (χ4n) is 3.34. The van der Waals surface area contributed by atoms with E-state index in [1.807, 2.05) is 11.5 Å². The molecular formula is C16H18N6O2S. The Kier molecular flexibility index (Phi) is 4.08. The van der Waals surface area contributed by atoms with E-state index < -0.39 is 5.91 Å². The monoisotopic (exact) mass is 358 g/mol. The molecule has 0 radical (unpaired) electrons. The SMILES string of the molecule is C[C@H](NC(=O)c1cnc2sccn2c1=O)c1nncn1C1CCCC1. The molecule has 3 aromatic rings. The third-order valence-electron chi connectivity index (χ3n) is 4.64. The highest BCUT2D eigenvalue weighted by Gasteiger charge is 2.24. The van der Waals surface area contributed by atoms with Gasteiger partial charge in [0.05, 0.1) is 6.04 Å². The van der Waals surface area contributed by atoms with Crippen molar-refractivity contribution in [3.8, 4) is 0 Å². The van der Waals surface area contributed by atoms with Crippen molar-refractivity contribution >= 4 is 22.2 Å². The van der Waals surface area contributed by atoms with Crippen LogP contribution in [0.5, 0.6) is 0 Å². The van der Waals surface area contributed by atoms with Crippen molar-refractivity contribution in [2.24, 2.45) is 0 Å². The number of aromatic nitrogens is 5. The predicted octanol–water partition coefficient (Wildman–Crippen LogP) is 1.95. The van der Waals surface area contributed by atoms with E-state index in [2.05, 4.69) is 20.5 Å². The summed E-state index contributed by atoms with van der Waals surface area (Å²) < 4.78 is 3.43. The maximum atomic E-state index is 12.6. The van der Waals surface area contributed by atoms with Gasteiger partial charge in [0.15, 0.2) is 10.8 Å². The minimum absolute atomic E-state index is 0.0229. The van der Waals surface area contributed by atoms with Gasteiger partial charge in [-0.3, -0.25) is 14.0 Å². The molecule has 1 amide bonds. The van der Waals surface area contributed by atoms with Crippen LogP contribution >= 0.6 is 11.3 Å². The van der Waals surface area contributed by atoms with Gasteiger partial charge in [0, 0.05) is 23.8 Å². The Morgan fingerprint density at radius 3 is 3.00 bits per heavy atom. The largest absolute Gasteiger partial charge is 0.342 e. The summed E-state index contributed by atoms with van der Waals surface area (Å²) >= 11 is 1.35. The van der Waals surface area contributed by atoms with Crippen LogP contribution in [0.3, 0.4) is 0 Å². The molecule has 25 heavy (non-hydrogen) atoms. The van der Waals surface area contributed by atoms with Crippen molar-refractivity contribution in [3.05, 3.63) is 45.8 Å². The zero-order valence-electron chi connectivity index (χ0n) is 13.8. The van der Waals surface area contributed by atoms with Crippen molar-refractivity contribution in [1.29, 1.82) is 0 Å². The molecule has 9 heteroatoms. The Hall–Kier alpha value is -2.55. The van der Waals surface area contributed by atoms with Crippen LogP contribution in [0.4, 0.5) is 0 Å². The van der Waals surface area contributed by atoms with E-state index in [0.29, 0.717) is 16.8 Å². The number of carbonyl (C=O) groups is 1. The lowest BCUT2D eigenvalue weighted by Gasteiger charge is -2.18. The second kappa shape index (κ2) is 6.40. The maximum absolute atomic E-state index is 12.6. The van der Waals surface area contributed by atoms with Crippen LogP contribution in [-0.4, -0.2) is 30.1 Å². The Bertz CT molecular complexity index is 968. The molecule has 1 saturated carbocycles. The molecule has 0 unspecified atom stereocenters. The first-order valence-corrected chi connectivity index (χ1v) is 9.18. The molecule has 1 aliphatic rings. The fourth-order valence-corrected chi connectivity index (χ4v) is 4.02. The highest BCUT2D eigenvalue weighted by Crippen LogP contribution is 2.31. The summed E-state index contributed by atoms with van der Waals surface area (Å²) in [5, 5.41) is 12.8. The molecule has 8 nitrogen and oxygen atoms in total. The number of nitrogens with zero attached hydrogens (tertiary/aromatic N) is 5. The van der Waals surface area contributed by atoms with Gasteiger partial charge < -0.3 is 9.88 Å². The standard InChI is InChI=1S/C16H18N6O2S/c1-10(13-20-18-9-22(13)11-4-2-3-5-11)19-14(23)12-8-17-16-21(15(12)24)6-7-25-16/h6-11H,2-5H2,1H3,(H,19,23)/t10-/m0/s1. The van der Waals surface area contributed by atoms with Crippen molar-refractivity contribution in [3.63, 3.8) is 0 Å². The molecule has 0 aromatic carbocycles. The van der Waals surface area contributed by atoms with Crippen LogP contribution in [0.2, 0.25) is 0 Å². The van der Waals surface area contributed by atoms with Gasteiger partial charge in [-0.05, 0) is 19.8 Å². The van der Waals surface area contributed by atoms with E-state index in [4.69, 9.17) is 0 Å². The summed E-state index contributed by atoms with van der Waals surface area (Å²) in [4.78, 5) is 29.7. The molecule has 0 saturated heterocycles. The molecule has 3 aromatic heterocycles. The lowest BCUT2D eigenvalue weighted by Crippen LogP contribution is -2.34. The van der Waals surface area contributed by atoms with Gasteiger partial charge in [-0.1, -0.05) is 12.8 Å². The van der Waals surface area contributed by atoms with E-state index >= 15 is 0 Å². The Balaban J connectivity index is 1.57. The number of carbonyl (C=O) groups excluding carboxylic acids is 1. The number of rotatable bonds is 4. The van der Waals surface area contributed by atoms with Gasteiger partial charge in [0.1, 0.15) is 11.9 Å². The average Bonchev–Trinajstić information content (AvgIpc) is 3.34. The summed E-state index contributed by atoms with van der Waals surface area (Å²) in [6.07, 6.45) is 9.28. The Labute approximate surface area is 147 Å². The summed E-state index contributed by atoms with van der Waals surface area (Å²) in [7, 11) is 0. The molecule has 1 aliphatic carbocycles. The van der Waals surface area contributed by atoms with Gasteiger partial charge in [0.2, 0.25) is 0 Å². The minimum atomic E-state index is -0.452. The van der Waals surface area contributed by atoms with E-state index in [1.54, 1.807) is 17.9 Å². The zero-order chi connectivity index (χ0) is 17.4. The highest BCUT2D eigenvalue weighted by molar-refractivity contribution is 7.15. The Morgan fingerprint density at radius 1 is 1.40 bits per heavy atom. The maximum Gasteiger partial charge on any atom is 0.271 e. The molecule has 1 fully saturated rings. The lowest BCUT2D eigenvalue weighted by atomic mass is 10.2. The number of nitrogens with one attached hydrogen (secondary N) is 1. The van der Waals surface area contributed by atoms with Gasteiger partial charge in [-0.2, -0.15) is 0 Å². The second-order valence-corrected chi connectivity index (χ2v) is 7.14. The lowest BCUT2D eigenvalue weighted by molar-refractivity contribution is 0.0935. The summed E-state index contributed by atoms with van der Waals surface area (Å²) in [6, 6.07) is 0.0389. The normalized spacial score (nSPS) is 16.4. The van der Waals surface area contributed by atoms with Crippen LogP contribution in [-0.2, 0) is 0 Å². The van der Waals surface area contributed by atoms with Crippen molar-refractivity contribution in [2.45, 2.75) is 44.7 Å². The first-order valence-electron chi connectivity index (χ1n) is 8.30. The van der Waals surface area contributed by atoms with Crippen LogP contribution in [0.1, 0.15) is 60.9 Å². The van der Waals surface area contributed by atoms with E-state index in [1.165, 1.54) is 34.8 Å². The third-order valence-corrected chi connectivity index (χ3v) is 5.41. The Morgan fingerprint density at radius 2 is 2.20 bits per heavy atom. The number of fused-ring (bicyclic) bond motifs is 1. The summed E-state index contributed by atoms with van der Waals surface area (Å²) in [5.41, 5.74) is -0.345. The minimum Gasteiger partial charge on any atom is -0.342 e. The molecule has 1 N–H and O–H groups in total. The van der Waals surface area contributed by atoms with Crippen molar-refractivity contribution in [1.82, 2.24) is 29.5 Å². The van der Waals surface area contributed by atoms with Crippen LogP contribution in [0, 0.1) is 0 Å². The molecular weight excluding hydrogens is 340 g/mol. The highest BCUT2D eigenvalue weighted by atomic mass is 32.1. The topological polar surface area (TPSA) is 94.2 Å². The van der Waals surface area contributed by atoms with Crippen molar-refractivity contribution < 1.29 is 4.79 Å². The van der Waals surface area contributed by atoms with E-state index in [0.717, 1.165) is 12.8 Å². The first-order chi connectivity index (χ1) is 12.1. The summed E-state index contributed by atoms with van der Waals surface area (Å²) in [6.45, 7) is 1.85. The van der Waals surface area contributed by atoms with Crippen LogP contribution < -0.4 is 10.9 Å². The van der Waals surface area contributed by atoms with Gasteiger partial charge in [-0.15, -0.1) is 21.5 Å². The molecule has 4 rings (SSSR count). The number of hydrogen-bond acceptors (Lipinski definition) is 6. The molecule has 0 bridgehead atoms. The first kappa shape index (κ1) is 15.9. The van der Waals surface area contributed by atoms with Crippen LogP contribution in [0.15, 0.2) is 28.9 Å². The predicted molar refractivity (Wildman–Crippen MR) is 92.7 cm³/mol. The number of thiazole rings is 1. The van der Waals surface area contributed by atoms with Gasteiger partial charge in [0.25, 0.3) is 11.5 Å². The quantitative estimate of drug-likeness (QED) is 0.769. The van der Waals surface area contributed by atoms with Gasteiger partial charge >= 0.3 is 0 Å². The molecule has 0 spiro atoms. The molecule has 0 aliphatic heterocycles. The third kappa shape index (κ3) is 2.84. The van der Waals surface area contributed by atoms with E-state index in [9.17, 15) is 9.59 Å². The molecule has 3 heterocycles. The molecule has 1 atom stereocenters. The molecule has 130 valence electrons. The van der Waals surface area contributed by atoms with E-state index in [-0.39, 0.29) is 17.2 Å². The second-order valence-electron chi connectivity index (χ2n) is 6.26. The smallest absolute Gasteiger partial charge is 0.271 e. The number of amides is 1. The fraction of sp³-hybridized carbons (Fsp3) is 0.438. The number of hydrogen-bond donors (Lipinski definition) is 1. The van der Waals surface area contributed by atoms with Gasteiger partial charge in [-0.25, -0.2) is 4.98 Å². The van der Waals surface area contributed by atoms with Crippen LogP contribution in [0.25, 0.3) is 4.96 Å². The average molecular weight is 358 g/mol. The summed E-state index contributed by atoms with van der Waals surface area (Å²) in [5.74, 6) is 0.261. The van der Waals surface area contributed by atoms with Crippen molar-refractivity contribution in [2.75, 3.05) is 0 Å². The zero-order valence-corrected chi connectivity index (χ0v) is 14.6.